The van der Waals surface area contributed by atoms with E-state index in [1.807, 2.05) is 54.2 Å². The molecule has 0 fully saturated rings. The minimum Gasteiger partial charge on any atom is -0.368 e. The smallest absolute Gasteiger partial charge is 0.286 e. The molecule has 4 aromatic rings. The highest BCUT2D eigenvalue weighted by atomic mass is 35.5. The summed E-state index contributed by atoms with van der Waals surface area (Å²) < 4.78 is 55.0. The number of nitrogens with one attached hydrogen (secondary N) is 2. The van der Waals surface area contributed by atoms with Gasteiger partial charge < -0.3 is 5.73 Å². The second kappa shape index (κ2) is 11.3. The summed E-state index contributed by atoms with van der Waals surface area (Å²) in [7, 11) is -8.34. The number of sulfonamides is 2. The molecule has 4 aromatic carbocycles. The van der Waals surface area contributed by atoms with E-state index in [0.717, 1.165) is 21.9 Å². The number of benzene rings is 4. The molecule has 198 valence electrons. The topological polar surface area (TPSA) is 131 Å². The molecule has 0 atom stereocenters. The number of hydrogen-bond acceptors (Lipinski definition) is 5. The zero-order chi connectivity index (χ0) is 27.5. The monoisotopic (exact) mass is 588 g/mol. The van der Waals surface area contributed by atoms with Crippen molar-refractivity contribution >= 4 is 60.1 Å². The van der Waals surface area contributed by atoms with E-state index in [2.05, 4.69) is 9.82 Å². The van der Waals surface area contributed by atoms with Crippen molar-refractivity contribution in [3.05, 3.63) is 101 Å². The molecule has 0 heterocycles. The number of aryl methyl sites for hydroxylation is 2. The lowest BCUT2D eigenvalue weighted by atomic mass is 10.1. The molecule has 0 aromatic heterocycles. The average molecular weight is 589 g/mol. The van der Waals surface area contributed by atoms with Crippen molar-refractivity contribution in [2.45, 2.75) is 34.3 Å². The molecule has 0 spiro atoms. The van der Waals surface area contributed by atoms with Crippen LogP contribution in [0.4, 0.5) is 0 Å². The zero-order valence-corrected chi connectivity index (χ0v) is 23.7. The fourth-order valence-corrected chi connectivity index (χ4v) is 7.20. The molecule has 0 radical (unpaired) electrons. The highest BCUT2D eigenvalue weighted by molar-refractivity contribution is 7.99. The van der Waals surface area contributed by atoms with Gasteiger partial charge in [-0.25, -0.2) is 8.42 Å². The lowest BCUT2D eigenvalue weighted by Gasteiger charge is -2.13. The summed E-state index contributed by atoms with van der Waals surface area (Å²) in [6.07, 6.45) is 0. The third kappa shape index (κ3) is 6.48. The van der Waals surface area contributed by atoms with Gasteiger partial charge in [-0.05, 0) is 60.0 Å². The van der Waals surface area contributed by atoms with Crippen LogP contribution in [0.2, 0.25) is 5.02 Å². The maximum Gasteiger partial charge on any atom is 0.286 e. The molecule has 0 aliphatic rings. The molecule has 0 saturated carbocycles. The van der Waals surface area contributed by atoms with E-state index in [9.17, 15) is 16.8 Å². The molecule has 12 heteroatoms. The van der Waals surface area contributed by atoms with Crippen molar-refractivity contribution in [1.29, 1.82) is 0 Å². The SMILES string of the molecule is Cc1ccc(S(=O)(=O)NN/C(N)=N\S(=O)(=O)c2cc(C)c(Cl)cc2SCc2cccc3ccccc23)cc1. The number of nitrogens with zero attached hydrogens (tertiary/aromatic N) is 1. The Labute approximate surface area is 231 Å². The van der Waals surface area contributed by atoms with E-state index < -0.39 is 26.0 Å². The van der Waals surface area contributed by atoms with Gasteiger partial charge in [0.15, 0.2) is 0 Å². The summed E-state index contributed by atoms with van der Waals surface area (Å²) in [6.45, 7) is 3.51. The number of fused-ring (bicyclic) bond motifs is 1. The van der Waals surface area contributed by atoms with Gasteiger partial charge in [-0.15, -0.1) is 21.0 Å². The van der Waals surface area contributed by atoms with Crippen LogP contribution in [-0.4, -0.2) is 22.8 Å². The minimum atomic E-state index is -4.33. The number of hydrazine groups is 1. The maximum atomic E-state index is 13.2. The van der Waals surface area contributed by atoms with Gasteiger partial charge in [-0.1, -0.05) is 71.8 Å². The highest BCUT2D eigenvalue weighted by Gasteiger charge is 2.22. The first kappa shape index (κ1) is 27.9. The number of rotatable bonds is 8. The second-order valence-electron chi connectivity index (χ2n) is 8.47. The van der Waals surface area contributed by atoms with Crippen molar-refractivity contribution in [1.82, 2.24) is 10.3 Å². The molecule has 0 bridgehead atoms. The molecular weight excluding hydrogens is 564 g/mol. The van der Waals surface area contributed by atoms with Crippen LogP contribution in [0.15, 0.2) is 97.9 Å². The van der Waals surface area contributed by atoms with Crippen LogP contribution in [0.5, 0.6) is 0 Å². The van der Waals surface area contributed by atoms with Crippen LogP contribution in [-0.2, 0) is 25.8 Å². The largest absolute Gasteiger partial charge is 0.368 e. The first-order chi connectivity index (χ1) is 18.0. The van der Waals surface area contributed by atoms with Crippen LogP contribution in [0.3, 0.4) is 0 Å². The maximum absolute atomic E-state index is 13.2. The van der Waals surface area contributed by atoms with Crippen LogP contribution in [0.1, 0.15) is 16.7 Å². The lowest BCUT2D eigenvalue weighted by Crippen LogP contribution is -2.45. The first-order valence-corrected chi connectivity index (χ1v) is 15.6. The summed E-state index contributed by atoms with van der Waals surface area (Å²) in [5, 5.41) is 2.56. The Bertz CT molecular complexity index is 1740. The van der Waals surface area contributed by atoms with Gasteiger partial charge in [-0.2, -0.15) is 8.42 Å². The third-order valence-corrected chi connectivity index (χ3v) is 9.86. The summed E-state index contributed by atoms with van der Waals surface area (Å²) in [5.41, 5.74) is 10.4. The molecule has 0 unspecified atom stereocenters. The van der Waals surface area contributed by atoms with Gasteiger partial charge in [0.05, 0.1) is 4.90 Å². The van der Waals surface area contributed by atoms with E-state index in [-0.39, 0.29) is 9.79 Å². The first-order valence-electron chi connectivity index (χ1n) is 11.3. The highest BCUT2D eigenvalue weighted by Crippen LogP contribution is 2.35. The fourth-order valence-electron chi connectivity index (χ4n) is 3.62. The number of guanidine groups is 1. The summed E-state index contributed by atoms with van der Waals surface area (Å²) in [6, 6.07) is 23.0. The molecule has 0 aliphatic heterocycles. The van der Waals surface area contributed by atoms with E-state index in [4.69, 9.17) is 17.3 Å². The van der Waals surface area contributed by atoms with Crippen LogP contribution in [0.25, 0.3) is 10.8 Å². The van der Waals surface area contributed by atoms with Crippen molar-refractivity contribution in [2.75, 3.05) is 0 Å². The van der Waals surface area contributed by atoms with Crippen LogP contribution < -0.4 is 16.0 Å². The van der Waals surface area contributed by atoms with E-state index in [0.29, 0.717) is 21.2 Å². The minimum absolute atomic E-state index is 0.0216. The number of nitrogens with two attached hydrogens (primary N) is 1. The summed E-state index contributed by atoms with van der Waals surface area (Å²) in [4.78, 5) is 2.33. The third-order valence-electron chi connectivity index (χ3n) is 5.63. The standard InChI is InChI=1S/C26H25ClN4O4S3/c1-17-10-12-21(13-11-17)37(32,33)31-29-26(28)30-38(34,35)25-14-18(2)23(27)15-24(25)36-16-20-8-5-7-19-6-3-4-9-22(19)20/h3-15,31H,16H2,1-2H3,(H3,28,29,30). The summed E-state index contributed by atoms with van der Waals surface area (Å²) >= 11 is 7.63. The van der Waals surface area contributed by atoms with Crippen LogP contribution >= 0.6 is 23.4 Å². The van der Waals surface area contributed by atoms with Gasteiger partial charge in [0.25, 0.3) is 20.0 Å². The lowest BCUT2D eigenvalue weighted by molar-refractivity contribution is 0.576. The average Bonchev–Trinajstić information content (AvgIpc) is 2.88. The second-order valence-corrected chi connectivity index (χ2v) is 13.1. The van der Waals surface area contributed by atoms with E-state index in [1.165, 1.54) is 30.0 Å². The van der Waals surface area contributed by atoms with E-state index >= 15 is 0 Å². The van der Waals surface area contributed by atoms with Gasteiger partial charge >= 0.3 is 0 Å². The molecule has 4 rings (SSSR count). The van der Waals surface area contributed by atoms with Crippen molar-refractivity contribution < 1.29 is 16.8 Å². The van der Waals surface area contributed by atoms with E-state index in [1.54, 1.807) is 25.1 Å². The Morgan fingerprint density at radius 2 is 1.63 bits per heavy atom. The Hall–Kier alpha value is -3.09. The van der Waals surface area contributed by atoms with Gasteiger partial charge in [0.1, 0.15) is 4.90 Å². The number of thioether (sulfide) groups is 1. The molecule has 0 amide bonds. The predicted molar refractivity (Wildman–Crippen MR) is 153 cm³/mol. The Kier molecular flexibility index (Phi) is 8.34. The zero-order valence-electron chi connectivity index (χ0n) is 20.5. The van der Waals surface area contributed by atoms with Crippen molar-refractivity contribution in [3.63, 3.8) is 0 Å². The number of halogens is 1. The predicted octanol–water partition coefficient (Wildman–Crippen LogP) is 4.89. The van der Waals surface area contributed by atoms with Gasteiger partial charge in [-0.3, -0.25) is 5.43 Å². The van der Waals surface area contributed by atoms with Gasteiger partial charge in [0.2, 0.25) is 5.96 Å². The molecule has 8 nitrogen and oxygen atoms in total. The fraction of sp³-hybridized carbons (Fsp3) is 0.115. The molecule has 4 N–H and O–H groups in total. The normalized spacial score (nSPS) is 12.6. The Balaban J connectivity index is 1.58. The molecular formula is C26H25ClN4O4S3. The molecule has 0 aliphatic carbocycles. The number of hydrogen-bond donors (Lipinski definition) is 3. The molecule has 0 saturated heterocycles. The quantitative estimate of drug-likeness (QED) is 0.116. The van der Waals surface area contributed by atoms with Gasteiger partial charge in [0, 0.05) is 15.7 Å². The summed E-state index contributed by atoms with van der Waals surface area (Å²) in [5.74, 6) is -0.157. The van der Waals surface area contributed by atoms with Crippen molar-refractivity contribution in [2.24, 2.45) is 10.1 Å². The van der Waals surface area contributed by atoms with Crippen LogP contribution in [0, 0.1) is 13.8 Å². The van der Waals surface area contributed by atoms with Crippen molar-refractivity contribution in [3.8, 4) is 0 Å². The Morgan fingerprint density at radius 1 is 0.947 bits per heavy atom. The Morgan fingerprint density at radius 3 is 2.37 bits per heavy atom. The molecule has 38 heavy (non-hydrogen) atoms.